The largest absolute Gasteiger partial charge is 0.481 e. The van der Waals surface area contributed by atoms with Crippen molar-refractivity contribution in [2.24, 2.45) is 0 Å². The Morgan fingerprint density at radius 3 is 2.69 bits per heavy atom. The van der Waals surface area contributed by atoms with E-state index in [1.807, 2.05) is 18.4 Å². The second-order valence-electron chi connectivity index (χ2n) is 3.35. The second kappa shape index (κ2) is 4.45. The standard InChI is InChI=1S/C12H11NO2S/c1-8-5-6-16-12(8)11(14)9-3-4-10(15-2)13-7-9/h3-7H,1-2H3. The van der Waals surface area contributed by atoms with Crippen LogP contribution in [0, 0.1) is 6.92 Å². The number of aromatic nitrogens is 1. The normalized spacial score (nSPS) is 10.1. The van der Waals surface area contributed by atoms with Gasteiger partial charge in [0.15, 0.2) is 0 Å². The molecule has 16 heavy (non-hydrogen) atoms. The first-order chi connectivity index (χ1) is 7.72. The maximum absolute atomic E-state index is 12.1. The van der Waals surface area contributed by atoms with Gasteiger partial charge in [0.05, 0.1) is 12.0 Å². The summed E-state index contributed by atoms with van der Waals surface area (Å²) in [6, 6.07) is 5.36. The van der Waals surface area contributed by atoms with Crippen molar-refractivity contribution in [2.45, 2.75) is 6.92 Å². The summed E-state index contributed by atoms with van der Waals surface area (Å²) in [6.07, 6.45) is 1.54. The van der Waals surface area contributed by atoms with Crippen LogP contribution >= 0.6 is 11.3 Å². The SMILES string of the molecule is COc1ccc(C(=O)c2sccc2C)cn1. The molecule has 3 nitrogen and oxygen atoms in total. The van der Waals surface area contributed by atoms with Crippen molar-refractivity contribution in [3.05, 3.63) is 45.8 Å². The summed E-state index contributed by atoms with van der Waals surface area (Å²) in [5, 5.41) is 1.92. The molecule has 0 atom stereocenters. The summed E-state index contributed by atoms with van der Waals surface area (Å²) in [6.45, 7) is 1.93. The van der Waals surface area contributed by atoms with Crippen molar-refractivity contribution in [2.75, 3.05) is 7.11 Å². The molecule has 0 bridgehead atoms. The van der Waals surface area contributed by atoms with Crippen LogP contribution in [0.5, 0.6) is 5.88 Å². The zero-order valence-electron chi connectivity index (χ0n) is 9.06. The number of hydrogen-bond donors (Lipinski definition) is 0. The van der Waals surface area contributed by atoms with Crippen molar-refractivity contribution >= 4 is 17.1 Å². The van der Waals surface area contributed by atoms with Crippen molar-refractivity contribution in [3.8, 4) is 5.88 Å². The van der Waals surface area contributed by atoms with Gasteiger partial charge in [-0.2, -0.15) is 0 Å². The Kier molecular flexibility index (Phi) is 3.01. The van der Waals surface area contributed by atoms with E-state index in [2.05, 4.69) is 4.98 Å². The maximum atomic E-state index is 12.1. The van der Waals surface area contributed by atoms with E-state index >= 15 is 0 Å². The molecule has 0 radical (unpaired) electrons. The third kappa shape index (κ3) is 1.97. The summed E-state index contributed by atoms with van der Waals surface area (Å²) in [5.74, 6) is 0.530. The van der Waals surface area contributed by atoms with Gasteiger partial charge in [0, 0.05) is 17.8 Å². The highest BCUT2D eigenvalue weighted by atomic mass is 32.1. The highest BCUT2D eigenvalue weighted by molar-refractivity contribution is 7.12. The van der Waals surface area contributed by atoms with E-state index in [-0.39, 0.29) is 5.78 Å². The third-order valence-corrected chi connectivity index (χ3v) is 3.29. The molecule has 2 rings (SSSR count). The average molecular weight is 233 g/mol. The number of nitrogens with zero attached hydrogens (tertiary/aromatic N) is 1. The third-order valence-electron chi connectivity index (χ3n) is 2.28. The van der Waals surface area contributed by atoms with Gasteiger partial charge in [-0.15, -0.1) is 11.3 Å². The van der Waals surface area contributed by atoms with Crippen LogP contribution in [0.15, 0.2) is 29.8 Å². The molecule has 0 aromatic carbocycles. The van der Waals surface area contributed by atoms with Crippen LogP contribution in [0.1, 0.15) is 20.8 Å². The summed E-state index contributed by atoms with van der Waals surface area (Å²) >= 11 is 1.45. The van der Waals surface area contributed by atoms with E-state index in [9.17, 15) is 4.79 Å². The molecule has 0 saturated heterocycles. The minimum absolute atomic E-state index is 0.0163. The number of methoxy groups -OCH3 is 1. The summed E-state index contributed by atoms with van der Waals surface area (Å²) in [5.41, 5.74) is 1.59. The van der Waals surface area contributed by atoms with Gasteiger partial charge < -0.3 is 4.74 Å². The molecule has 0 aliphatic rings. The molecule has 0 spiro atoms. The first-order valence-electron chi connectivity index (χ1n) is 4.81. The number of ether oxygens (including phenoxy) is 1. The second-order valence-corrected chi connectivity index (χ2v) is 4.27. The van der Waals surface area contributed by atoms with Crippen molar-refractivity contribution < 1.29 is 9.53 Å². The Bertz CT molecular complexity index is 502. The van der Waals surface area contributed by atoms with E-state index in [4.69, 9.17) is 4.74 Å². The van der Waals surface area contributed by atoms with E-state index in [1.165, 1.54) is 11.3 Å². The molecule has 0 fully saturated rings. The Morgan fingerprint density at radius 1 is 1.38 bits per heavy atom. The number of aryl methyl sites for hydroxylation is 1. The number of thiophene rings is 1. The fourth-order valence-electron chi connectivity index (χ4n) is 1.37. The summed E-state index contributed by atoms with van der Waals surface area (Å²) < 4.78 is 4.94. The Labute approximate surface area is 97.7 Å². The minimum Gasteiger partial charge on any atom is -0.481 e. The van der Waals surface area contributed by atoms with Crippen molar-refractivity contribution in [3.63, 3.8) is 0 Å². The molecule has 0 aliphatic heterocycles. The lowest BCUT2D eigenvalue weighted by Crippen LogP contribution is -2.01. The monoisotopic (exact) mass is 233 g/mol. The lowest BCUT2D eigenvalue weighted by atomic mass is 10.1. The number of carbonyl (C=O) groups excluding carboxylic acids is 1. The number of ketones is 1. The molecule has 0 N–H and O–H groups in total. The van der Waals surface area contributed by atoms with Gasteiger partial charge in [-0.1, -0.05) is 0 Å². The Morgan fingerprint density at radius 2 is 2.19 bits per heavy atom. The number of rotatable bonds is 3. The molecule has 0 unspecified atom stereocenters. The average Bonchev–Trinajstić information content (AvgIpc) is 2.75. The van der Waals surface area contributed by atoms with Crippen LogP contribution < -0.4 is 4.74 Å². The number of hydrogen-bond acceptors (Lipinski definition) is 4. The van der Waals surface area contributed by atoms with E-state index in [1.54, 1.807) is 25.4 Å². The summed E-state index contributed by atoms with van der Waals surface area (Å²) in [4.78, 5) is 16.8. The molecule has 82 valence electrons. The topological polar surface area (TPSA) is 39.2 Å². The van der Waals surface area contributed by atoms with Crippen molar-refractivity contribution in [1.29, 1.82) is 0 Å². The minimum atomic E-state index is 0.0163. The molecule has 4 heteroatoms. The van der Waals surface area contributed by atoms with Gasteiger partial charge in [-0.3, -0.25) is 4.79 Å². The van der Waals surface area contributed by atoms with E-state index in [0.717, 1.165) is 10.4 Å². The van der Waals surface area contributed by atoms with Crippen LogP contribution in [0.2, 0.25) is 0 Å². The van der Waals surface area contributed by atoms with Gasteiger partial charge >= 0.3 is 0 Å². The number of pyridine rings is 1. The van der Waals surface area contributed by atoms with E-state index in [0.29, 0.717) is 11.4 Å². The predicted molar refractivity (Wildman–Crippen MR) is 63.3 cm³/mol. The predicted octanol–water partition coefficient (Wildman–Crippen LogP) is 2.69. The lowest BCUT2D eigenvalue weighted by Gasteiger charge is -2.01. The fourth-order valence-corrected chi connectivity index (χ4v) is 2.26. The van der Waals surface area contributed by atoms with Gasteiger partial charge in [0.1, 0.15) is 0 Å². The first kappa shape index (κ1) is 10.8. The summed E-state index contributed by atoms with van der Waals surface area (Å²) in [7, 11) is 1.55. The number of carbonyl (C=O) groups is 1. The quantitative estimate of drug-likeness (QED) is 0.765. The van der Waals surface area contributed by atoms with Crippen LogP contribution in [0.4, 0.5) is 0 Å². The smallest absolute Gasteiger partial charge is 0.212 e. The van der Waals surface area contributed by atoms with Gasteiger partial charge in [0.25, 0.3) is 0 Å². The lowest BCUT2D eigenvalue weighted by molar-refractivity contribution is 0.104. The maximum Gasteiger partial charge on any atom is 0.212 e. The first-order valence-corrected chi connectivity index (χ1v) is 5.69. The van der Waals surface area contributed by atoms with E-state index < -0.39 is 0 Å². The zero-order chi connectivity index (χ0) is 11.5. The molecule has 0 saturated carbocycles. The fraction of sp³-hybridized carbons (Fsp3) is 0.167. The zero-order valence-corrected chi connectivity index (χ0v) is 9.88. The van der Waals surface area contributed by atoms with Crippen LogP contribution in [-0.2, 0) is 0 Å². The van der Waals surface area contributed by atoms with Gasteiger partial charge in [-0.25, -0.2) is 4.98 Å². The highest BCUT2D eigenvalue weighted by Crippen LogP contribution is 2.20. The Balaban J connectivity index is 2.31. The Hall–Kier alpha value is -1.68. The molecular formula is C12H11NO2S. The van der Waals surface area contributed by atoms with Crippen LogP contribution in [-0.4, -0.2) is 17.9 Å². The highest BCUT2D eigenvalue weighted by Gasteiger charge is 2.13. The molecule has 2 aromatic heterocycles. The molecule has 0 amide bonds. The van der Waals surface area contributed by atoms with Gasteiger partial charge in [-0.05, 0) is 30.0 Å². The van der Waals surface area contributed by atoms with Crippen LogP contribution in [0.25, 0.3) is 0 Å². The molecular weight excluding hydrogens is 222 g/mol. The van der Waals surface area contributed by atoms with Crippen LogP contribution in [0.3, 0.4) is 0 Å². The molecule has 2 heterocycles. The molecule has 0 aliphatic carbocycles. The van der Waals surface area contributed by atoms with Gasteiger partial charge in [0.2, 0.25) is 11.7 Å². The molecule has 2 aromatic rings. The van der Waals surface area contributed by atoms with Crippen molar-refractivity contribution in [1.82, 2.24) is 4.98 Å².